The van der Waals surface area contributed by atoms with Gasteiger partial charge in [0.05, 0.1) is 13.7 Å². The molecule has 1 spiro atoms. The average Bonchev–Trinajstić information content (AvgIpc) is 2.95. The highest BCUT2D eigenvalue weighted by Gasteiger charge is 2.43. The maximum Gasteiger partial charge on any atom is 0.253 e. The number of nitrogens with zero attached hydrogens (tertiary/aromatic N) is 2. The number of hydrogen-bond donors (Lipinski definition) is 0. The molecule has 0 N–H and O–H groups in total. The number of amides is 2. The molecule has 0 aromatic heterocycles. The van der Waals surface area contributed by atoms with Gasteiger partial charge in [-0.1, -0.05) is 24.3 Å². The summed E-state index contributed by atoms with van der Waals surface area (Å²) >= 11 is 0. The minimum atomic E-state index is -0.408. The lowest BCUT2D eigenvalue weighted by atomic mass is 9.81. The molecule has 1 heterocycles. The molecule has 6 heteroatoms. The Bertz CT molecular complexity index is 965. The summed E-state index contributed by atoms with van der Waals surface area (Å²) in [6, 6.07) is 15.4. The third-order valence-corrected chi connectivity index (χ3v) is 6.64. The average molecular weight is 423 g/mol. The number of benzene rings is 2. The van der Waals surface area contributed by atoms with E-state index in [2.05, 4.69) is 0 Å². The zero-order valence-corrected chi connectivity index (χ0v) is 18.5. The van der Waals surface area contributed by atoms with Crippen molar-refractivity contribution in [2.24, 2.45) is 0 Å². The van der Waals surface area contributed by atoms with E-state index in [4.69, 9.17) is 9.47 Å². The molecule has 1 saturated carbocycles. The molecule has 0 bridgehead atoms. The third-order valence-electron chi connectivity index (χ3n) is 6.64. The number of carbonyl (C=O) groups is 2. The first-order valence-corrected chi connectivity index (χ1v) is 10.8. The summed E-state index contributed by atoms with van der Waals surface area (Å²) in [5.41, 5.74) is 1.26. The molecule has 2 aromatic carbocycles. The van der Waals surface area contributed by atoms with Crippen LogP contribution < -0.4 is 9.47 Å². The van der Waals surface area contributed by atoms with Crippen LogP contribution in [0.3, 0.4) is 0 Å². The zero-order valence-electron chi connectivity index (χ0n) is 18.5. The Hall–Kier alpha value is -3.02. The maximum atomic E-state index is 13.0. The number of rotatable bonds is 3. The van der Waals surface area contributed by atoms with Crippen molar-refractivity contribution in [3.05, 3.63) is 59.7 Å². The number of hydrogen-bond acceptors (Lipinski definition) is 4. The fourth-order valence-electron chi connectivity index (χ4n) is 4.73. The van der Waals surface area contributed by atoms with Crippen LogP contribution in [0.2, 0.25) is 0 Å². The fourth-order valence-corrected chi connectivity index (χ4v) is 4.73. The predicted molar refractivity (Wildman–Crippen MR) is 118 cm³/mol. The van der Waals surface area contributed by atoms with Crippen LogP contribution in [0.5, 0.6) is 11.5 Å². The van der Waals surface area contributed by atoms with Crippen molar-refractivity contribution in [1.29, 1.82) is 0 Å². The normalized spacial score (nSPS) is 22.8. The number of methoxy groups -OCH3 is 1. The fraction of sp³-hybridized carbons (Fsp3) is 0.440. The first-order chi connectivity index (χ1) is 14.9. The van der Waals surface area contributed by atoms with Crippen LogP contribution in [0, 0.1) is 0 Å². The molecule has 4 rings (SSSR count). The Balaban J connectivity index is 1.49. The van der Waals surface area contributed by atoms with Gasteiger partial charge in [0.1, 0.15) is 17.1 Å². The van der Waals surface area contributed by atoms with E-state index in [1.165, 1.54) is 0 Å². The molecule has 2 aliphatic rings. The largest absolute Gasteiger partial charge is 0.497 e. The van der Waals surface area contributed by atoms with E-state index in [1.807, 2.05) is 59.3 Å². The lowest BCUT2D eigenvalue weighted by Gasteiger charge is -2.43. The molecule has 0 unspecified atom stereocenters. The van der Waals surface area contributed by atoms with E-state index < -0.39 is 5.60 Å². The highest BCUT2D eigenvalue weighted by molar-refractivity contribution is 5.94. The van der Waals surface area contributed by atoms with Gasteiger partial charge in [-0.3, -0.25) is 9.59 Å². The van der Waals surface area contributed by atoms with E-state index in [-0.39, 0.29) is 17.9 Å². The molecular weight excluding hydrogens is 392 g/mol. The maximum absolute atomic E-state index is 13.0. The standard InChI is InChI=1S/C25H30N2O4/c1-18(28)27-16-20-7-4-5-10-23(20)31-25(17-27)13-11-21(12-14-25)26(2)24(29)19-8-6-9-22(15-19)30-3/h4-10,15,21H,11-14,16-17H2,1-3H3. The molecule has 1 aliphatic heterocycles. The van der Waals surface area contributed by atoms with Crippen LogP contribution in [0.4, 0.5) is 0 Å². The second-order valence-corrected chi connectivity index (χ2v) is 8.65. The van der Waals surface area contributed by atoms with Gasteiger partial charge in [0.25, 0.3) is 5.91 Å². The lowest BCUT2D eigenvalue weighted by Crippen LogP contribution is -2.52. The summed E-state index contributed by atoms with van der Waals surface area (Å²) < 4.78 is 11.8. The van der Waals surface area contributed by atoms with E-state index in [0.29, 0.717) is 24.4 Å². The van der Waals surface area contributed by atoms with Crippen LogP contribution in [0.15, 0.2) is 48.5 Å². The third kappa shape index (κ3) is 4.38. The van der Waals surface area contributed by atoms with Crippen LogP contribution in [0.25, 0.3) is 0 Å². The van der Waals surface area contributed by atoms with Gasteiger partial charge in [0.15, 0.2) is 0 Å². The zero-order chi connectivity index (χ0) is 22.0. The predicted octanol–water partition coefficient (Wildman–Crippen LogP) is 3.89. The molecule has 6 nitrogen and oxygen atoms in total. The Kier molecular flexibility index (Phi) is 5.90. The summed E-state index contributed by atoms with van der Waals surface area (Å²) in [6.45, 7) is 2.77. The molecule has 0 radical (unpaired) electrons. The van der Waals surface area contributed by atoms with E-state index in [1.54, 1.807) is 20.1 Å². The van der Waals surface area contributed by atoms with E-state index in [0.717, 1.165) is 37.0 Å². The Morgan fingerprint density at radius 3 is 2.58 bits per heavy atom. The Morgan fingerprint density at radius 1 is 1.13 bits per heavy atom. The van der Waals surface area contributed by atoms with Crippen molar-refractivity contribution in [3.63, 3.8) is 0 Å². The summed E-state index contributed by atoms with van der Waals surface area (Å²) in [5, 5.41) is 0. The van der Waals surface area contributed by atoms with Crippen LogP contribution in [0.1, 0.15) is 48.5 Å². The van der Waals surface area contributed by atoms with Crippen molar-refractivity contribution in [3.8, 4) is 11.5 Å². The molecular formula is C25H30N2O4. The summed E-state index contributed by atoms with van der Waals surface area (Å²) in [5.74, 6) is 1.60. The molecule has 1 fully saturated rings. The monoisotopic (exact) mass is 422 g/mol. The number of ether oxygens (including phenoxy) is 2. The van der Waals surface area contributed by atoms with Crippen molar-refractivity contribution in [2.75, 3.05) is 20.7 Å². The highest BCUT2D eigenvalue weighted by atomic mass is 16.5. The molecule has 1 aliphatic carbocycles. The Morgan fingerprint density at radius 2 is 1.87 bits per heavy atom. The van der Waals surface area contributed by atoms with Crippen molar-refractivity contribution < 1.29 is 19.1 Å². The smallest absolute Gasteiger partial charge is 0.253 e. The van der Waals surface area contributed by atoms with Gasteiger partial charge in [-0.25, -0.2) is 0 Å². The number of fused-ring (bicyclic) bond motifs is 1. The molecule has 2 amide bonds. The molecule has 2 aromatic rings. The second kappa shape index (κ2) is 8.61. The van der Waals surface area contributed by atoms with Crippen LogP contribution >= 0.6 is 0 Å². The summed E-state index contributed by atoms with van der Waals surface area (Å²) in [4.78, 5) is 29.0. The minimum Gasteiger partial charge on any atom is -0.497 e. The van der Waals surface area contributed by atoms with E-state index in [9.17, 15) is 9.59 Å². The van der Waals surface area contributed by atoms with Gasteiger partial charge < -0.3 is 19.3 Å². The molecule has 164 valence electrons. The van der Waals surface area contributed by atoms with Gasteiger partial charge in [-0.15, -0.1) is 0 Å². The van der Waals surface area contributed by atoms with Crippen molar-refractivity contribution in [1.82, 2.24) is 9.80 Å². The van der Waals surface area contributed by atoms with Crippen molar-refractivity contribution in [2.45, 2.75) is 50.8 Å². The second-order valence-electron chi connectivity index (χ2n) is 8.65. The highest BCUT2D eigenvalue weighted by Crippen LogP contribution is 2.39. The van der Waals surface area contributed by atoms with Crippen LogP contribution in [-0.2, 0) is 11.3 Å². The lowest BCUT2D eigenvalue weighted by molar-refractivity contribution is -0.132. The van der Waals surface area contributed by atoms with Gasteiger partial charge in [-0.2, -0.15) is 0 Å². The van der Waals surface area contributed by atoms with Gasteiger partial charge >= 0.3 is 0 Å². The quantitative estimate of drug-likeness (QED) is 0.753. The van der Waals surface area contributed by atoms with Gasteiger partial charge in [-0.05, 0) is 49.9 Å². The first-order valence-electron chi connectivity index (χ1n) is 10.8. The molecule has 0 atom stereocenters. The van der Waals surface area contributed by atoms with E-state index >= 15 is 0 Å². The molecule has 0 saturated heterocycles. The van der Waals surface area contributed by atoms with Gasteiger partial charge in [0, 0.05) is 37.7 Å². The summed E-state index contributed by atoms with van der Waals surface area (Å²) in [7, 11) is 3.47. The van der Waals surface area contributed by atoms with Gasteiger partial charge in [0.2, 0.25) is 5.91 Å². The minimum absolute atomic E-state index is 0.00246. The number of para-hydroxylation sites is 1. The van der Waals surface area contributed by atoms with Crippen molar-refractivity contribution >= 4 is 11.8 Å². The molecule has 31 heavy (non-hydrogen) atoms. The topological polar surface area (TPSA) is 59.1 Å². The first kappa shape index (κ1) is 21.2. The van der Waals surface area contributed by atoms with Crippen LogP contribution in [-0.4, -0.2) is 54.0 Å². The Labute approximate surface area is 183 Å². The number of carbonyl (C=O) groups excluding carboxylic acids is 2. The summed E-state index contributed by atoms with van der Waals surface area (Å²) in [6.07, 6.45) is 3.26. The SMILES string of the molecule is COc1cccc(C(=O)N(C)C2CCC3(CC2)CN(C(C)=O)Cc2ccccc2O3)c1.